The summed E-state index contributed by atoms with van der Waals surface area (Å²) in [5.74, 6) is 2.98. The zero-order valence-corrected chi connectivity index (χ0v) is 15.7. The highest BCUT2D eigenvalue weighted by atomic mass is 32.2. The lowest BCUT2D eigenvalue weighted by Gasteiger charge is -2.28. The van der Waals surface area contributed by atoms with Crippen LogP contribution >= 0.6 is 23.1 Å². The van der Waals surface area contributed by atoms with Crippen LogP contribution in [0.3, 0.4) is 0 Å². The van der Waals surface area contributed by atoms with Gasteiger partial charge in [0.1, 0.15) is 0 Å². The average Bonchev–Trinajstić information content (AvgIpc) is 3.20. The Balaban J connectivity index is 1.41. The van der Waals surface area contributed by atoms with Gasteiger partial charge >= 0.3 is 0 Å². The van der Waals surface area contributed by atoms with Crippen molar-refractivity contribution in [1.29, 1.82) is 0 Å². The highest BCUT2D eigenvalue weighted by Crippen LogP contribution is 2.49. The molecular formula is C16H26N4OS2. The van der Waals surface area contributed by atoms with Crippen molar-refractivity contribution in [3.8, 4) is 0 Å². The number of nitrogens with zero attached hydrogens (tertiary/aromatic N) is 2. The van der Waals surface area contributed by atoms with Crippen LogP contribution in [0.5, 0.6) is 0 Å². The smallest absolute Gasteiger partial charge is 0.230 e. The molecule has 2 aliphatic carbocycles. The summed E-state index contributed by atoms with van der Waals surface area (Å²) in [6, 6.07) is 0.637. The van der Waals surface area contributed by atoms with E-state index in [0.29, 0.717) is 23.8 Å². The standard InChI is InChI=1S/C16H26N4OS2/c1-9(2)17-15-19-20-16(23-15)22-8-14(21)18-10(3)13-7-11-4-5-12(13)6-11/h9-13H,4-8H2,1-3H3,(H,17,19)(H,18,21)/t10-,11+,12+,13-/m1/s1. The minimum atomic E-state index is 0.110. The summed E-state index contributed by atoms with van der Waals surface area (Å²) in [6.07, 6.45) is 5.46. The molecule has 3 rings (SSSR count). The van der Waals surface area contributed by atoms with Gasteiger partial charge in [-0.3, -0.25) is 4.79 Å². The van der Waals surface area contributed by atoms with Crippen LogP contribution in [0, 0.1) is 17.8 Å². The number of amides is 1. The van der Waals surface area contributed by atoms with Crippen molar-refractivity contribution < 1.29 is 4.79 Å². The summed E-state index contributed by atoms with van der Waals surface area (Å²) < 4.78 is 0.843. The minimum absolute atomic E-state index is 0.110. The molecule has 23 heavy (non-hydrogen) atoms. The molecule has 2 fully saturated rings. The highest BCUT2D eigenvalue weighted by Gasteiger charge is 2.42. The predicted molar refractivity (Wildman–Crippen MR) is 95.9 cm³/mol. The molecule has 0 spiro atoms. The molecule has 4 atom stereocenters. The second-order valence-electron chi connectivity index (χ2n) is 7.16. The number of thioether (sulfide) groups is 1. The summed E-state index contributed by atoms with van der Waals surface area (Å²) >= 11 is 2.98. The van der Waals surface area contributed by atoms with E-state index in [0.717, 1.165) is 21.3 Å². The molecule has 5 nitrogen and oxygen atoms in total. The Bertz CT molecular complexity index is 548. The van der Waals surface area contributed by atoms with Crippen LogP contribution in [-0.2, 0) is 4.79 Å². The van der Waals surface area contributed by atoms with Gasteiger partial charge in [-0.1, -0.05) is 29.5 Å². The van der Waals surface area contributed by atoms with E-state index in [1.54, 1.807) is 0 Å². The Morgan fingerprint density at radius 1 is 1.30 bits per heavy atom. The predicted octanol–water partition coefficient (Wildman–Crippen LogP) is 3.39. The van der Waals surface area contributed by atoms with Gasteiger partial charge in [-0.05, 0) is 57.8 Å². The molecule has 2 aliphatic rings. The van der Waals surface area contributed by atoms with Gasteiger partial charge in [-0.2, -0.15) is 0 Å². The molecule has 0 saturated heterocycles. The van der Waals surface area contributed by atoms with Gasteiger partial charge in [0.05, 0.1) is 5.75 Å². The Labute approximate surface area is 146 Å². The fourth-order valence-electron chi connectivity index (χ4n) is 4.01. The van der Waals surface area contributed by atoms with Crippen molar-refractivity contribution in [3.05, 3.63) is 0 Å². The highest BCUT2D eigenvalue weighted by molar-refractivity contribution is 8.01. The molecular weight excluding hydrogens is 328 g/mol. The fourth-order valence-corrected chi connectivity index (χ4v) is 5.72. The Kier molecular flexibility index (Phi) is 5.46. The maximum absolute atomic E-state index is 12.2. The number of hydrogen-bond acceptors (Lipinski definition) is 6. The molecule has 0 radical (unpaired) electrons. The largest absolute Gasteiger partial charge is 0.358 e. The van der Waals surface area contributed by atoms with Crippen LogP contribution in [0.2, 0.25) is 0 Å². The molecule has 2 saturated carbocycles. The van der Waals surface area contributed by atoms with Crippen LogP contribution < -0.4 is 10.6 Å². The van der Waals surface area contributed by atoms with E-state index in [1.807, 2.05) is 0 Å². The Morgan fingerprint density at radius 3 is 2.78 bits per heavy atom. The van der Waals surface area contributed by atoms with Crippen LogP contribution in [-0.4, -0.2) is 33.9 Å². The molecule has 1 aromatic heterocycles. The van der Waals surface area contributed by atoms with Gasteiger partial charge in [0.15, 0.2) is 4.34 Å². The molecule has 128 valence electrons. The third-order valence-electron chi connectivity index (χ3n) is 4.97. The minimum Gasteiger partial charge on any atom is -0.358 e. The maximum atomic E-state index is 12.2. The number of carbonyl (C=O) groups excluding carboxylic acids is 1. The first-order chi connectivity index (χ1) is 11.0. The van der Waals surface area contributed by atoms with Crippen LogP contribution in [0.15, 0.2) is 4.34 Å². The second-order valence-corrected chi connectivity index (χ2v) is 9.36. The number of anilines is 1. The molecule has 7 heteroatoms. The number of fused-ring (bicyclic) bond motifs is 2. The molecule has 0 unspecified atom stereocenters. The van der Waals surface area contributed by atoms with Crippen LogP contribution in [0.4, 0.5) is 5.13 Å². The molecule has 1 aromatic rings. The molecule has 0 aliphatic heterocycles. The molecule has 1 heterocycles. The first-order valence-electron chi connectivity index (χ1n) is 8.53. The molecule has 2 bridgehead atoms. The lowest BCUT2D eigenvalue weighted by atomic mass is 9.84. The number of nitrogens with one attached hydrogen (secondary N) is 2. The van der Waals surface area contributed by atoms with Gasteiger partial charge in [0.25, 0.3) is 0 Å². The maximum Gasteiger partial charge on any atom is 0.230 e. The molecule has 2 N–H and O–H groups in total. The van der Waals surface area contributed by atoms with Crippen LogP contribution in [0.1, 0.15) is 46.5 Å². The SMILES string of the molecule is CC(C)Nc1nnc(SCC(=O)N[C@H](C)[C@H]2C[C@H]3CC[C@H]2C3)s1. The van der Waals surface area contributed by atoms with E-state index in [-0.39, 0.29) is 5.91 Å². The summed E-state index contributed by atoms with van der Waals surface area (Å²) in [6.45, 7) is 6.31. The Morgan fingerprint density at radius 2 is 2.13 bits per heavy atom. The monoisotopic (exact) mass is 354 g/mol. The number of hydrogen-bond donors (Lipinski definition) is 2. The fraction of sp³-hybridized carbons (Fsp3) is 0.812. The van der Waals surface area contributed by atoms with Gasteiger partial charge in [0, 0.05) is 12.1 Å². The van der Waals surface area contributed by atoms with Crippen molar-refractivity contribution in [2.45, 2.75) is 62.9 Å². The average molecular weight is 355 g/mol. The van der Waals surface area contributed by atoms with Crippen molar-refractivity contribution in [1.82, 2.24) is 15.5 Å². The van der Waals surface area contributed by atoms with E-state index in [9.17, 15) is 4.79 Å². The van der Waals surface area contributed by atoms with Crippen molar-refractivity contribution in [2.75, 3.05) is 11.1 Å². The number of carbonyl (C=O) groups is 1. The zero-order chi connectivity index (χ0) is 16.4. The third-order valence-corrected chi connectivity index (χ3v) is 6.96. The van der Waals surface area contributed by atoms with E-state index in [2.05, 4.69) is 41.6 Å². The molecule has 1 amide bonds. The summed E-state index contributed by atoms with van der Waals surface area (Å²) in [5.41, 5.74) is 0. The van der Waals surface area contributed by atoms with Gasteiger partial charge < -0.3 is 10.6 Å². The normalized spacial score (nSPS) is 27.4. The summed E-state index contributed by atoms with van der Waals surface area (Å²) in [4.78, 5) is 12.2. The van der Waals surface area contributed by atoms with E-state index >= 15 is 0 Å². The first kappa shape index (κ1) is 17.0. The van der Waals surface area contributed by atoms with Gasteiger partial charge in [-0.15, -0.1) is 10.2 Å². The molecule has 0 aromatic carbocycles. The van der Waals surface area contributed by atoms with E-state index < -0.39 is 0 Å². The first-order valence-corrected chi connectivity index (χ1v) is 10.3. The van der Waals surface area contributed by atoms with Gasteiger partial charge in [0.2, 0.25) is 11.0 Å². The summed E-state index contributed by atoms with van der Waals surface area (Å²) in [7, 11) is 0. The van der Waals surface area contributed by atoms with E-state index in [1.165, 1.54) is 48.8 Å². The van der Waals surface area contributed by atoms with Crippen molar-refractivity contribution in [3.63, 3.8) is 0 Å². The topological polar surface area (TPSA) is 66.9 Å². The van der Waals surface area contributed by atoms with Gasteiger partial charge in [-0.25, -0.2) is 0 Å². The summed E-state index contributed by atoms with van der Waals surface area (Å²) in [5, 5.41) is 15.5. The third kappa shape index (κ3) is 4.38. The lowest BCUT2D eigenvalue weighted by Crippen LogP contribution is -2.40. The zero-order valence-electron chi connectivity index (χ0n) is 14.0. The Hall–Kier alpha value is -0.820. The lowest BCUT2D eigenvalue weighted by molar-refractivity contribution is -0.119. The van der Waals surface area contributed by atoms with Crippen LogP contribution in [0.25, 0.3) is 0 Å². The van der Waals surface area contributed by atoms with Crippen molar-refractivity contribution >= 4 is 34.1 Å². The van der Waals surface area contributed by atoms with Crippen molar-refractivity contribution in [2.24, 2.45) is 17.8 Å². The quantitative estimate of drug-likeness (QED) is 0.735. The second kappa shape index (κ2) is 7.38. The number of aromatic nitrogens is 2. The van der Waals surface area contributed by atoms with E-state index in [4.69, 9.17) is 0 Å². The number of rotatable bonds is 7.